The summed E-state index contributed by atoms with van der Waals surface area (Å²) in [5.74, 6) is -0.0905. The monoisotopic (exact) mass is 341 g/mol. The molecular weight excluding hydrogens is 321 g/mol. The van der Waals surface area contributed by atoms with Gasteiger partial charge in [-0.1, -0.05) is 30.3 Å². The number of amides is 1. The third-order valence-corrected chi connectivity index (χ3v) is 3.02. The van der Waals surface area contributed by atoms with E-state index in [2.05, 4.69) is 10.3 Å². The third-order valence-electron chi connectivity index (χ3n) is 3.02. The van der Waals surface area contributed by atoms with Crippen molar-refractivity contribution in [2.45, 2.75) is 12.8 Å². The normalized spacial score (nSPS) is 9.32. The molecule has 22 heavy (non-hydrogen) atoms. The second-order valence-electron chi connectivity index (χ2n) is 4.58. The number of rotatable bonds is 6. The van der Waals surface area contributed by atoms with Crippen LogP contribution < -0.4 is 11.1 Å². The molecule has 0 aliphatic rings. The van der Waals surface area contributed by atoms with Gasteiger partial charge in [0.25, 0.3) is 5.91 Å². The number of halogens is 2. The molecule has 0 aliphatic heterocycles. The van der Waals surface area contributed by atoms with Crippen molar-refractivity contribution in [2.75, 3.05) is 13.1 Å². The minimum absolute atomic E-state index is 0. The number of pyridine rings is 1. The van der Waals surface area contributed by atoms with E-state index in [1.165, 1.54) is 0 Å². The Morgan fingerprint density at radius 2 is 1.77 bits per heavy atom. The molecule has 0 bridgehead atoms. The molecule has 1 amide bonds. The molecule has 0 unspecified atom stereocenters. The van der Waals surface area contributed by atoms with Crippen LogP contribution in [0, 0.1) is 0 Å². The van der Waals surface area contributed by atoms with Crippen molar-refractivity contribution < 1.29 is 4.79 Å². The van der Waals surface area contributed by atoms with E-state index in [1.54, 1.807) is 12.4 Å². The maximum atomic E-state index is 12.0. The highest BCUT2D eigenvalue weighted by Crippen LogP contribution is 2.18. The Bertz CT molecular complexity index is 564. The highest BCUT2D eigenvalue weighted by atomic mass is 35.5. The van der Waals surface area contributed by atoms with Crippen molar-refractivity contribution in [3.63, 3.8) is 0 Å². The van der Waals surface area contributed by atoms with E-state index in [0.29, 0.717) is 18.7 Å². The van der Waals surface area contributed by atoms with Gasteiger partial charge in [-0.2, -0.15) is 0 Å². The number of hydrogen-bond donors (Lipinski definition) is 2. The Labute approximate surface area is 143 Å². The Kier molecular flexibility index (Phi) is 10.2. The van der Waals surface area contributed by atoms with Crippen LogP contribution in [-0.2, 0) is 0 Å². The fraction of sp³-hybridized carbons (Fsp3) is 0.250. The van der Waals surface area contributed by atoms with Gasteiger partial charge in [0.15, 0.2) is 0 Å². The number of carbonyl (C=O) groups excluding carboxylic acids is 1. The first-order valence-electron chi connectivity index (χ1n) is 6.80. The summed E-state index contributed by atoms with van der Waals surface area (Å²) in [6.07, 6.45) is 5.17. The van der Waals surface area contributed by atoms with Gasteiger partial charge in [0.2, 0.25) is 0 Å². The zero-order valence-corrected chi connectivity index (χ0v) is 13.8. The number of carbonyl (C=O) groups is 1. The standard InChI is InChI=1S/C16H19N3O.2ClH/c17-8-4-5-9-19-16(20)15-10-14(11-18-12-15)13-6-2-1-3-7-13;;/h1-3,6-7,10-12H,4-5,8-9,17H2,(H,19,20);2*1H. The van der Waals surface area contributed by atoms with Crippen LogP contribution in [0.25, 0.3) is 11.1 Å². The first kappa shape index (κ1) is 20.4. The Balaban J connectivity index is 0.00000220. The molecule has 2 aromatic rings. The minimum atomic E-state index is -0.0905. The minimum Gasteiger partial charge on any atom is -0.352 e. The molecule has 3 N–H and O–H groups in total. The Morgan fingerprint density at radius 3 is 2.45 bits per heavy atom. The van der Waals surface area contributed by atoms with Crippen molar-refractivity contribution in [1.29, 1.82) is 0 Å². The van der Waals surface area contributed by atoms with Gasteiger partial charge in [0.05, 0.1) is 5.56 Å². The van der Waals surface area contributed by atoms with E-state index in [-0.39, 0.29) is 30.7 Å². The van der Waals surface area contributed by atoms with Crippen LogP contribution in [0.5, 0.6) is 0 Å². The van der Waals surface area contributed by atoms with Crippen LogP contribution in [0.3, 0.4) is 0 Å². The zero-order chi connectivity index (χ0) is 14.2. The topological polar surface area (TPSA) is 68.0 Å². The second-order valence-corrected chi connectivity index (χ2v) is 4.58. The highest BCUT2D eigenvalue weighted by Gasteiger charge is 2.07. The summed E-state index contributed by atoms with van der Waals surface area (Å²) in [7, 11) is 0. The molecule has 4 nitrogen and oxygen atoms in total. The van der Waals surface area contributed by atoms with Gasteiger partial charge in [0, 0.05) is 24.5 Å². The number of nitrogens with one attached hydrogen (secondary N) is 1. The lowest BCUT2D eigenvalue weighted by atomic mass is 10.1. The predicted molar refractivity (Wildman–Crippen MR) is 94.8 cm³/mol. The molecule has 1 heterocycles. The highest BCUT2D eigenvalue weighted by molar-refractivity contribution is 5.95. The smallest absolute Gasteiger partial charge is 0.252 e. The van der Waals surface area contributed by atoms with E-state index < -0.39 is 0 Å². The fourth-order valence-electron chi connectivity index (χ4n) is 1.93. The van der Waals surface area contributed by atoms with E-state index in [4.69, 9.17) is 5.73 Å². The lowest BCUT2D eigenvalue weighted by Gasteiger charge is -2.06. The molecule has 1 aromatic heterocycles. The maximum Gasteiger partial charge on any atom is 0.252 e. The molecule has 120 valence electrons. The van der Waals surface area contributed by atoms with Gasteiger partial charge in [-0.15, -0.1) is 24.8 Å². The lowest BCUT2D eigenvalue weighted by molar-refractivity contribution is 0.0952. The van der Waals surface area contributed by atoms with Crippen molar-refractivity contribution in [3.05, 3.63) is 54.4 Å². The molecule has 0 saturated carbocycles. The molecule has 0 fully saturated rings. The summed E-state index contributed by atoms with van der Waals surface area (Å²) < 4.78 is 0. The molecule has 6 heteroatoms. The largest absolute Gasteiger partial charge is 0.352 e. The first-order chi connectivity index (χ1) is 9.81. The zero-order valence-electron chi connectivity index (χ0n) is 12.2. The first-order valence-corrected chi connectivity index (χ1v) is 6.80. The predicted octanol–water partition coefficient (Wildman–Crippen LogP) is 3.06. The van der Waals surface area contributed by atoms with Gasteiger partial charge >= 0.3 is 0 Å². The van der Waals surface area contributed by atoms with Gasteiger partial charge in [-0.05, 0) is 31.0 Å². The average Bonchev–Trinajstić information content (AvgIpc) is 2.52. The van der Waals surface area contributed by atoms with Gasteiger partial charge in [-0.25, -0.2) is 0 Å². The van der Waals surface area contributed by atoms with E-state index in [0.717, 1.165) is 24.0 Å². The summed E-state index contributed by atoms with van der Waals surface area (Å²) in [5, 5.41) is 2.88. The van der Waals surface area contributed by atoms with Gasteiger partial charge in [0.1, 0.15) is 0 Å². The molecule has 0 spiro atoms. The maximum absolute atomic E-state index is 12.0. The summed E-state index contributed by atoms with van der Waals surface area (Å²) in [6, 6.07) is 11.8. The quantitative estimate of drug-likeness (QED) is 0.793. The molecule has 0 radical (unpaired) electrons. The van der Waals surface area contributed by atoms with Crippen LogP contribution in [0.1, 0.15) is 23.2 Å². The molecule has 1 aromatic carbocycles. The number of nitrogens with zero attached hydrogens (tertiary/aromatic N) is 1. The van der Waals surface area contributed by atoms with E-state index >= 15 is 0 Å². The van der Waals surface area contributed by atoms with Crippen LogP contribution in [0.2, 0.25) is 0 Å². The molecular formula is C16H21Cl2N3O. The number of unbranched alkanes of at least 4 members (excludes halogenated alkanes) is 1. The average molecular weight is 342 g/mol. The number of hydrogen-bond acceptors (Lipinski definition) is 3. The van der Waals surface area contributed by atoms with E-state index in [1.807, 2.05) is 36.4 Å². The van der Waals surface area contributed by atoms with Crippen LogP contribution in [0.4, 0.5) is 0 Å². The van der Waals surface area contributed by atoms with Crippen LogP contribution in [0.15, 0.2) is 48.8 Å². The summed E-state index contributed by atoms with van der Waals surface area (Å²) in [4.78, 5) is 16.2. The second kappa shape index (κ2) is 11.0. The van der Waals surface area contributed by atoms with Crippen molar-refractivity contribution in [3.8, 4) is 11.1 Å². The van der Waals surface area contributed by atoms with E-state index in [9.17, 15) is 4.79 Å². The van der Waals surface area contributed by atoms with Crippen molar-refractivity contribution in [2.24, 2.45) is 5.73 Å². The Morgan fingerprint density at radius 1 is 1.05 bits per heavy atom. The van der Waals surface area contributed by atoms with Gasteiger partial charge < -0.3 is 11.1 Å². The SMILES string of the molecule is Cl.Cl.NCCCCNC(=O)c1cncc(-c2ccccc2)c1. The summed E-state index contributed by atoms with van der Waals surface area (Å²) in [6.45, 7) is 1.30. The molecule has 2 rings (SSSR count). The van der Waals surface area contributed by atoms with Crippen molar-refractivity contribution in [1.82, 2.24) is 10.3 Å². The van der Waals surface area contributed by atoms with Crippen molar-refractivity contribution >= 4 is 30.7 Å². The number of aromatic nitrogens is 1. The summed E-state index contributed by atoms with van der Waals surface area (Å²) in [5.41, 5.74) is 8.00. The number of nitrogens with two attached hydrogens (primary N) is 1. The van der Waals surface area contributed by atoms with Gasteiger partial charge in [-0.3, -0.25) is 9.78 Å². The molecule has 0 atom stereocenters. The Hall–Kier alpha value is -1.62. The molecule has 0 saturated heterocycles. The third kappa shape index (κ3) is 6.02. The van der Waals surface area contributed by atoms with Crippen LogP contribution >= 0.6 is 24.8 Å². The number of benzene rings is 1. The lowest BCUT2D eigenvalue weighted by Crippen LogP contribution is -2.25. The van der Waals surface area contributed by atoms with Crippen LogP contribution in [-0.4, -0.2) is 24.0 Å². The fourth-order valence-corrected chi connectivity index (χ4v) is 1.93. The molecule has 0 aliphatic carbocycles. The summed E-state index contributed by atoms with van der Waals surface area (Å²) >= 11 is 0.